The van der Waals surface area contributed by atoms with E-state index in [4.69, 9.17) is 84.7 Å². The fraction of sp³-hybridized carbons (Fsp3) is 0.719. The number of esters is 10. The highest BCUT2D eigenvalue weighted by atomic mass is 32.3. The minimum Gasteiger partial charge on any atom is -0.465 e. The fourth-order valence-corrected chi connectivity index (χ4v) is 12.4. The molecule has 36 nitrogen and oxygen atoms in total. The summed E-state index contributed by atoms with van der Waals surface area (Å²) in [6.07, 6.45) is -28.4. The molecule has 3 N–H and O–H groups in total. The molecule has 38 heteroatoms. The third-order valence-electron chi connectivity index (χ3n) is 15.3. The maximum absolute atomic E-state index is 15.0. The summed E-state index contributed by atoms with van der Waals surface area (Å²) in [4.78, 5) is 163. The lowest BCUT2D eigenvalue weighted by atomic mass is 9.86. The van der Waals surface area contributed by atoms with Crippen LogP contribution in [0.3, 0.4) is 0 Å². The maximum Gasteiger partial charge on any atom is 0.397 e. The third kappa shape index (κ3) is 28.7. The lowest BCUT2D eigenvalue weighted by Crippen LogP contribution is -2.72. The number of hydrogen-bond donors (Lipinski definition) is 3. The van der Waals surface area contributed by atoms with Gasteiger partial charge in [0.15, 0.2) is 42.9 Å². The molecule has 3 aliphatic heterocycles. The fourth-order valence-electron chi connectivity index (χ4n) is 11.2. The number of methoxy groups -OCH3 is 2. The van der Waals surface area contributed by atoms with Crippen LogP contribution in [-0.2, 0) is 159 Å². The van der Waals surface area contributed by atoms with E-state index in [2.05, 4.69) is 36.3 Å². The van der Waals surface area contributed by atoms with Crippen molar-refractivity contribution in [1.29, 1.82) is 0 Å². The first-order valence-electron chi connectivity index (χ1n) is 32.6. The van der Waals surface area contributed by atoms with Crippen molar-refractivity contribution < 1.29 is 155 Å². The van der Waals surface area contributed by atoms with E-state index in [9.17, 15) is 65.7 Å². The third-order valence-corrected chi connectivity index (χ3v) is 17.5. The van der Waals surface area contributed by atoms with Gasteiger partial charge in [-0.05, 0) is 31.2 Å². The zero-order valence-electron chi connectivity index (χ0n) is 60.7. The molecule has 0 aliphatic carbocycles. The van der Waals surface area contributed by atoms with Crippen molar-refractivity contribution in [3.63, 3.8) is 0 Å². The minimum absolute atomic E-state index is 0.0207. The van der Waals surface area contributed by atoms with Crippen molar-refractivity contribution in [2.24, 2.45) is 0 Å². The second-order valence-corrected chi connectivity index (χ2v) is 31.5. The molecular formula is C64H99N3O33SSi. The van der Waals surface area contributed by atoms with Crippen LogP contribution in [0, 0.1) is 0 Å². The molecule has 102 heavy (non-hydrogen) atoms. The molecular weight excluding hydrogens is 1400 g/mol. The minimum atomic E-state index is -5.67. The zero-order chi connectivity index (χ0) is 77.2. The van der Waals surface area contributed by atoms with Crippen LogP contribution < -0.4 is 10.6 Å². The second kappa shape index (κ2) is 41.2. The lowest BCUT2D eigenvalue weighted by molar-refractivity contribution is -0.354. The molecule has 3 aliphatic rings. The predicted octanol–water partition coefficient (Wildman–Crippen LogP) is 1.63. The molecule has 17 atom stereocenters. The Balaban J connectivity index is 0.00000366. The van der Waals surface area contributed by atoms with Gasteiger partial charge in [0.05, 0.1) is 59.0 Å². The number of rotatable bonds is 35. The number of carbonyl (C=O) groups is 12. The van der Waals surface area contributed by atoms with E-state index in [-0.39, 0.29) is 13.2 Å². The first-order valence-corrected chi connectivity index (χ1v) is 37.6. The van der Waals surface area contributed by atoms with Crippen molar-refractivity contribution in [2.75, 3.05) is 60.3 Å². The topological polar surface area (TPSA) is 453 Å². The van der Waals surface area contributed by atoms with Crippen molar-refractivity contribution in [2.45, 2.75) is 238 Å². The molecule has 578 valence electrons. The number of ether oxygens (including phenoxy) is 17. The number of nitrogens with zero attached hydrogens (tertiary/aromatic N) is 1. The Hall–Kier alpha value is -7.37. The quantitative estimate of drug-likeness (QED) is 0.0376. The summed E-state index contributed by atoms with van der Waals surface area (Å²) in [5.41, 5.74) is 0.468. The van der Waals surface area contributed by atoms with Gasteiger partial charge in [-0.15, -0.1) is 0 Å². The molecule has 0 spiro atoms. The van der Waals surface area contributed by atoms with Crippen molar-refractivity contribution in [1.82, 2.24) is 15.5 Å². The van der Waals surface area contributed by atoms with Gasteiger partial charge in [-0.3, -0.25) is 52.5 Å². The number of benzene rings is 1. The van der Waals surface area contributed by atoms with Crippen LogP contribution in [0.1, 0.15) is 108 Å². The van der Waals surface area contributed by atoms with Gasteiger partial charge in [0.1, 0.15) is 43.2 Å². The summed E-state index contributed by atoms with van der Waals surface area (Å²) in [6.45, 7) is 22.0. The molecule has 1 aromatic rings. The molecule has 0 unspecified atom stereocenters. The average molecular weight is 1500 g/mol. The van der Waals surface area contributed by atoms with Crippen LogP contribution in [-0.4, -0.2) is 261 Å². The van der Waals surface area contributed by atoms with Crippen molar-refractivity contribution in [3.05, 3.63) is 35.9 Å². The number of amides is 2. The number of hydrogen-bond acceptors (Lipinski definition) is 33. The molecule has 0 aromatic heterocycles. The van der Waals surface area contributed by atoms with E-state index in [0.717, 1.165) is 83.5 Å². The summed E-state index contributed by atoms with van der Waals surface area (Å²) < 4.78 is 141. The van der Waals surface area contributed by atoms with Gasteiger partial charge < -0.3 is 96.1 Å². The Morgan fingerprint density at radius 1 is 0.598 bits per heavy atom. The van der Waals surface area contributed by atoms with Gasteiger partial charge in [0, 0.05) is 83.9 Å². The highest BCUT2D eigenvalue weighted by Crippen LogP contribution is 2.43. The smallest absolute Gasteiger partial charge is 0.397 e. The molecule has 0 bridgehead atoms. The van der Waals surface area contributed by atoms with E-state index in [1.54, 1.807) is 30.3 Å². The van der Waals surface area contributed by atoms with Gasteiger partial charge in [-0.1, -0.05) is 70.7 Å². The van der Waals surface area contributed by atoms with Gasteiger partial charge in [-0.25, -0.2) is 13.8 Å². The zero-order valence-corrected chi connectivity index (χ0v) is 62.5. The van der Waals surface area contributed by atoms with E-state index in [1.807, 2.05) is 19.6 Å². The monoisotopic (exact) mass is 1500 g/mol. The normalized spacial score (nSPS) is 26.0. The standard InChI is InChI=1S/C58H84N2O33SSi.C6H15N/c1-29(61)59-45-40(82-32(4)64)23-57(55(71)76-11,81-28-42-47(84-34(6)66)52(87-37(9)69)53(88-38(10)70)54(89-42)79-21-22-95(13,14)15)91-50(45)48(85-35(7)67)43(26-78-25-39-19-17-16-18-20-39)90-58(56(72)77-12)24-41(83-33(5)65)46(60-30(2)62)51(92-58)49(86-36(8)68)44(27-80-31(3)63)93-94(73,74)75;1-4-7(5-2)6-3/h16-20,40-54H,21-28H2,1-15H3,(H,59,61)(H,60,62)(H,73,74,75);4-6H2,1-3H3/t40-,41-,42+,43+,44+,45+,46+,47+,48+,49+,50+,51+,52-,53+,54+,57+,58+;/m0./s1. The van der Waals surface area contributed by atoms with Crippen LogP contribution in [0.2, 0.25) is 25.7 Å². The van der Waals surface area contributed by atoms with E-state index in [1.165, 1.54) is 19.6 Å². The molecule has 1 aromatic carbocycles. The summed E-state index contributed by atoms with van der Waals surface area (Å²) in [5.74, 6) is -20.0. The van der Waals surface area contributed by atoms with Gasteiger partial charge in [-0.2, -0.15) is 8.42 Å². The Morgan fingerprint density at radius 3 is 1.47 bits per heavy atom. The summed E-state index contributed by atoms with van der Waals surface area (Å²) in [7, 11) is -5.90. The Kier molecular flexibility index (Phi) is 35.9. The summed E-state index contributed by atoms with van der Waals surface area (Å²) in [5, 5.41) is 5.00. The molecule has 3 saturated heterocycles. The van der Waals surface area contributed by atoms with Crippen LogP contribution in [0.4, 0.5) is 0 Å². The van der Waals surface area contributed by atoms with Gasteiger partial charge >= 0.3 is 70.1 Å². The number of carbonyl (C=O) groups excluding carboxylic acids is 12. The Bertz CT molecular complexity index is 3110. The van der Waals surface area contributed by atoms with E-state index in [0.29, 0.717) is 11.6 Å². The lowest BCUT2D eigenvalue weighted by Gasteiger charge is -2.51. The van der Waals surface area contributed by atoms with Crippen LogP contribution >= 0.6 is 0 Å². The Labute approximate surface area is 593 Å². The summed E-state index contributed by atoms with van der Waals surface area (Å²) in [6, 6.07) is 4.94. The molecule has 2 amide bonds. The predicted molar refractivity (Wildman–Crippen MR) is 349 cm³/mol. The SMILES string of the molecule is CCN(CC)CC.COC(=O)[C@@]1(O[C@H](COCc2ccccc2)[C@@H](OC(C)=O)[C@@H]2O[C@@](OC[C@H]3O[C@@H](OCC[Si](C)(C)C)[C@H](OC(C)=O)[C@@H](OC(C)=O)[C@@H]3OC(C)=O)(C(=O)OC)C[C@H](OC(C)=O)[C@H]2NC(C)=O)C[C@H](OC(C)=O)[C@@H](NC(C)=O)[C@H]([C@H](OC(C)=O)[C@@H](COC(C)=O)OS(=O)(=O)O)O1. The molecule has 3 fully saturated rings. The number of nitrogens with one attached hydrogen (secondary N) is 2. The van der Waals surface area contributed by atoms with Crippen LogP contribution in [0.25, 0.3) is 0 Å². The highest BCUT2D eigenvalue weighted by molar-refractivity contribution is 7.80. The van der Waals surface area contributed by atoms with Gasteiger partial charge in [0.2, 0.25) is 11.8 Å². The summed E-state index contributed by atoms with van der Waals surface area (Å²) >= 11 is 0. The van der Waals surface area contributed by atoms with Crippen LogP contribution in [0.5, 0.6) is 0 Å². The van der Waals surface area contributed by atoms with E-state index >= 15 is 4.79 Å². The molecule has 0 saturated carbocycles. The average Bonchev–Trinajstić information content (AvgIpc) is 0.760. The molecule has 0 radical (unpaired) electrons. The Morgan fingerprint density at radius 2 is 1.05 bits per heavy atom. The second-order valence-electron chi connectivity index (χ2n) is 24.9. The first-order chi connectivity index (χ1) is 47.6. The largest absolute Gasteiger partial charge is 0.465 e. The maximum atomic E-state index is 15.0. The first kappa shape index (κ1) is 88.8. The van der Waals surface area contributed by atoms with Crippen molar-refractivity contribution in [3.8, 4) is 0 Å². The van der Waals surface area contributed by atoms with Crippen LogP contribution in [0.15, 0.2) is 30.3 Å². The molecule has 4 rings (SSSR count). The van der Waals surface area contributed by atoms with Crippen molar-refractivity contribution >= 4 is 90.0 Å². The van der Waals surface area contributed by atoms with Gasteiger partial charge in [0.25, 0.3) is 11.6 Å². The van der Waals surface area contributed by atoms with E-state index < -0.39 is 226 Å². The highest BCUT2D eigenvalue weighted by Gasteiger charge is 2.64. The molecule has 3 heterocycles.